The molecule has 0 aromatic heterocycles. The Morgan fingerprint density at radius 1 is 0.864 bits per heavy atom. The third kappa shape index (κ3) is 4.05. The van der Waals surface area contributed by atoms with Gasteiger partial charge >= 0.3 is 6.03 Å². The molecule has 2 aromatic rings. The highest BCUT2D eigenvalue weighted by Gasteiger charge is 2.14. The summed E-state index contributed by atoms with van der Waals surface area (Å²) in [4.78, 5) is 23.7. The van der Waals surface area contributed by atoms with Gasteiger partial charge < -0.3 is 5.32 Å². The van der Waals surface area contributed by atoms with E-state index in [2.05, 4.69) is 10.6 Å². The predicted molar refractivity (Wildman–Crippen MR) is 89.4 cm³/mol. The summed E-state index contributed by atoms with van der Waals surface area (Å²) < 4.78 is 0. The molecule has 114 valence electrons. The van der Waals surface area contributed by atoms with Crippen molar-refractivity contribution in [1.82, 2.24) is 5.32 Å². The third-order valence-corrected chi connectivity index (χ3v) is 4.11. The first-order chi connectivity index (χ1) is 10.4. The second-order valence-electron chi connectivity index (χ2n) is 4.14. The fraction of sp³-hybridized carbons (Fsp3) is 0. The Kier molecular flexibility index (Phi) is 5.53. The Labute approximate surface area is 146 Å². The molecule has 0 heterocycles. The van der Waals surface area contributed by atoms with Crippen LogP contribution in [0.15, 0.2) is 36.4 Å². The van der Waals surface area contributed by atoms with Crippen molar-refractivity contribution in [3.05, 3.63) is 62.1 Å². The van der Waals surface area contributed by atoms with Crippen LogP contribution in [0.25, 0.3) is 0 Å². The lowest BCUT2D eigenvalue weighted by atomic mass is 10.2. The average molecular weight is 378 g/mol. The topological polar surface area (TPSA) is 58.2 Å². The van der Waals surface area contributed by atoms with E-state index >= 15 is 0 Å². The summed E-state index contributed by atoms with van der Waals surface area (Å²) in [6, 6.07) is 8.44. The lowest BCUT2D eigenvalue weighted by Crippen LogP contribution is -2.34. The van der Waals surface area contributed by atoms with Crippen molar-refractivity contribution >= 4 is 64.0 Å². The van der Waals surface area contributed by atoms with E-state index in [1.807, 2.05) is 0 Å². The van der Waals surface area contributed by atoms with E-state index in [4.69, 9.17) is 46.4 Å². The predicted octanol–water partition coefficient (Wildman–Crippen LogP) is 5.26. The minimum Gasteiger partial charge on any atom is -0.308 e. The van der Waals surface area contributed by atoms with Crippen LogP contribution in [0.1, 0.15) is 10.4 Å². The van der Waals surface area contributed by atoms with Crippen LogP contribution in [0, 0.1) is 0 Å². The standard InChI is InChI=1S/C14H8Cl4N2O2/c15-9-4-2-1-3-8(9)13(21)20-14(22)19-7-5-10(16)12(18)11(17)6-7/h1-6H,(H2,19,20,21,22). The molecular weight excluding hydrogens is 370 g/mol. The fourth-order valence-corrected chi connectivity index (χ4v) is 2.42. The van der Waals surface area contributed by atoms with E-state index in [-0.39, 0.29) is 25.7 Å². The van der Waals surface area contributed by atoms with E-state index in [9.17, 15) is 9.59 Å². The number of imide groups is 1. The number of anilines is 1. The highest BCUT2D eigenvalue weighted by molar-refractivity contribution is 6.48. The lowest BCUT2D eigenvalue weighted by Gasteiger charge is -2.09. The molecule has 0 aliphatic rings. The maximum Gasteiger partial charge on any atom is 0.326 e. The highest BCUT2D eigenvalue weighted by Crippen LogP contribution is 2.33. The quantitative estimate of drug-likeness (QED) is 0.701. The van der Waals surface area contributed by atoms with Gasteiger partial charge in [0, 0.05) is 5.69 Å². The maximum atomic E-state index is 11.9. The molecule has 2 rings (SSSR count). The normalized spacial score (nSPS) is 10.2. The van der Waals surface area contributed by atoms with Crippen LogP contribution in [0.3, 0.4) is 0 Å². The van der Waals surface area contributed by atoms with Crippen LogP contribution in [-0.4, -0.2) is 11.9 Å². The van der Waals surface area contributed by atoms with E-state index in [1.54, 1.807) is 18.2 Å². The van der Waals surface area contributed by atoms with Gasteiger partial charge in [0.05, 0.1) is 25.7 Å². The molecule has 0 radical (unpaired) electrons. The van der Waals surface area contributed by atoms with Crippen molar-refractivity contribution in [2.75, 3.05) is 5.32 Å². The number of hydrogen-bond acceptors (Lipinski definition) is 2. The monoisotopic (exact) mass is 376 g/mol. The maximum absolute atomic E-state index is 11.9. The van der Waals surface area contributed by atoms with Gasteiger partial charge in [-0.25, -0.2) is 4.79 Å². The van der Waals surface area contributed by atoms with Gasteiger partial charge in [-0.3, -0.25) is 10.1 Å². The number of halogens is 4. The van der Waals surface area contributed by atoms with Crippen LogP contribution in [0.4, 0.5) is 10.5 Å². The third-order valence-electron chi connectivity index (χ3n) is 2.59. The molecule has 2 aromatic carbocycles. The summed E-state index contributed by atoms with van der Waals surface area (Å²) >= 11 is 23.4. The Hall–Kier alpha value is -1.46. The zero-order chi connectivity index (χ0) is 16.3. The van der Waals surface area contributed by atoms with Gasteiger partial charge in [-0.05, 0) is 24.3 Å². The molecule has 0 fully saturated rings. The van der Waals surface area contributed by atoms with Crippen LogP contribution >= 0.6 is 46.4 Å². The number of nitrogens with one attached hydrogen (secondary N) is 2. The summed E-state index contributed by atoms with van der Waals surface area (Å²) in [5.41, 5.74) is 0.482. The number of benzene rings is 2. The second-order valence-corrected chi connectivity index (χ2v) is 5.74. The number of carbonyl (C=O) groups excluding carboxylic acids is 2. The molecule has 0 saturated carbocycles. The van der Waals surface area contributed by atoms with Crippen LogP contribution in [0.2, 0.25) is 20.1 Å². The van der Waals surface area contributed by atoms with Gasteiger partial charge in [-0.2, -0.15) is 0 Å². The van der Waals surface area contributed by atoms with Crippen molar-refractivity contribution < 1.29 is 9.59 Å². The lowest BCUT2D eigenvalue weighted by molar-refractivity contribution is 0.0967. The van der Waals surface area contributed by atoms with Gasteiger partial charge in [0.2, 0.25) is 0 Å². The summed E-state index contributed by atoms with van der Waals surface area (Å²) in [7, 11) is 0. The van der Waals surface area contributed by atoms with E-state index in [1.165, 1.54) is 18.2 Å². The zero-order valence-corrected chi connectivity index (χ0v) is 13.8. The van der Waals surface area contributed by atoms with Crippen molar-refractivity contribution in [3.63, 3.8) is 0 Å². The summed E-state index contributed by atoms with van der Waals surface area (Å²) in [6.45, 7) is 0. The van der Waals surface area contributed by atoms with Crippen LogP contribution in [0.5, 0.6) is 0 Å². The molecule has 2 N–H and O–H groups in total. The first kappa shape index (κ1) is 16.9. The number of urea groups is 1. The summed E-state index contributed by atoms with van der Waals surface area (Å²) in [5.74, 6) is -0.630. The summed E-state index contributed by atoms with van der Waals surface area (Å²) in [6.07, 6.45) is 0. The zero-order valence-electron chi connectivity index (χ0n) is 10.8. The number of rotatable bonds is 2. The van der Waals surface area contributed by atoms with Gasteiger partial charge in [0.25, 0.3) is 5.91 Å². The largest absolute Gasteiger partial charge is 0.326 e. The van der Waals surface area contributed by atoms with Crippen LogP contribution < -0.4 is 10.6 Å². The van der Waals surface area contributed by atoms with Crippen molar-refractivity contribution in [3.8, 4) is 0 Å². The van der Waals surface area contributed by atoms with Gasteiger partial charge in [-0.15, -0.1) is 0 Å². The van der Waals surface area contributed by atoms with Crippen molar-refractivity contribution in [2.24, 2.45) is 0 Å². The Bertz CT molecular complexity index is 726. The molecule has 3 amide bonds. The van der Waals surface area contributed by atoms with Gasteiger partial charge in [0.1, 0.15) is 0 Å². The molecule has 0 aliphatic carbocycles. The molecule has 0 bridgehead atoms. The SMILES string of the molecule is O=C(NC(=O)c1ccccc1Cl)Nc1cc(Cl)c(Cl)c(Cl)c1. The van der Waals surface area contributed by atoms with Crippen LogP contribution in [-0.2, 0) is 0 Å². The Balaban J connectivity index is 2.08. The molecule has 0 aliphatic heterocycles. The first-order valence-corrected chi connectivity index (χ1v) is 7.41. The second kappa shape index (κ2) is 7.20. The highest BCUT2D eigenvalue weighted by atomic mass is 35.5. The van der Waals surface area contributed by atoms with Crippen molar-refractivity contribution in [1.29, 1.82) is 0 Å². The van der Waals surface area contributed by atoms with E-state index < -0.39 is 11.9 Å². The van der Waals surface area contributed by atoms with Gasteiger partial charge in [0.15, 0.2) is 0 Å². The Morgan fingerprint density at radius 3 is 2.05 bits per heavy atom. The van der Waals surface area contributed by atoms with E-state index in [0.29, 0.717) is 5.69 Å². The summed E-state index contributed by atoms with van der Waals surface area (Å²) in [5, 5.41) is 5.36. The molecule has 0 spiro atoms. The van der Waals surface area contributed by atoms with E-state index in [0.717, 1.165) is 0 Å². The fourth-order valence-electron chi connectivity index (χ4n) is 1.61. The average Bonchev–Trinajstić information content (AvgIpc) is 2.44. The smallest absolute Gasteiger partial charge is 0.308 e. The molecule has 0 atom stereocenters. The molecule has 22 heavy (non-hydrogen) atoms. The molecule has 4 nitrogen and oxygen atoms in total. The first-order valence-electron chi connectivity index (χ1n) is 5.90. The number of hydrogen-bond donors (Lipinski definition) is 2. The Morgan fingerprint density at radius 2 is 1.45 bits per heavy atom. The number of carbonyl (C=O) groups is 2. The molecule has 0 saturated heterocycles. The molecule has 0 unspecified atom stereocenters. The van der Waals surface area contributed by atoms with Crippen molar-refractivity contribution in [2.45, 2.75) is 0 Å². The van der Waals surface area contributed by atoms with Gasteiger partial charge in [-0.1, -0.05) is 58.5 Å². The minimum atomic E-state index is -0.751. The number of amides is 3. The minimum absolute atomic E-state index is 0.182. The molecular formula is C14H8Cl4N2O2. The molecule has 8 heteroatoms.